The molecule has 0 aliphatic heterocycles. The number of hydrogen-bond donors (Lipinski definition) is 0. The minimum atomic E-state index is -0.299. The highest BCUT2D eigenvalue weighted by atomic mass is 16.5. The van der Waals surface area contributed by atoms with Gasteiger partial charge in [0.25, 0.3) is 0 Å². The molecule has 1 aromatic rings. The van der Waals surface area contributed by atoms with Gasteiger partial charge in [-0.15, -0.1) is 0 Å². The average Bonchev–Trinajstić information content (AvgIpc) is 2.69. The van der Waals surface area contributed by atoms with Crippen LogP contribution >= 0.6 is 0 Å². The van der Waals surface area contributed by atoms with Gasteiger partial charge in [-0.05, 0) is 6.42 Å². The zero-order valence-electron chi connectivity index (χ0n) is 11.2. The molecule has 0 atom stereocenters. The number of aryl methyl sites for hydroxylation is 1. The SMILES string of the molecule is CCCCc1nc(CCOC(C)=O)cn1C(C)=O. The van der Waals surface area contributed by atoms with Gasteiger partial charge in [0.2, 0.25) is 5.91 Å². The first-order valence-electron chi connectivity index (χ1n) is 6.26. The van der Waals surface area contributed by atoms with Crippen LogP contribution in [0.3, 0.4) is 0 Å². The third-order valence-corrected chi connectivity index (χ3v) is 2.59. The molecule has 1 heterocycles. The smallest absolute Gasteiger partial charge is 0.302 e. The molecule has 0 fully saturated rings. The van der Waals surface area contributed by atoms with E-state index in [2.05, 4.69) is 11.9 Å². The van der Waals surface area contributed by atoms with Crippen LogP contribution in [0.5, 0.6) is 0 Å². The van der Waals surface area contributed by atoms with Crippen LogP contribution in [0, 0.1) is 0 Å². The van der Waals surface area contributed by atoms with E-state index in [0.29, 0.717) is 13.0 Å². The van der Waals surface area contributed by atoms with E-state index < -0.39 is 0 Å². The maximum absolute atomic E-state index is 11.5. The number of carbonyl (C=O) groups excluding carboxylic acids is 2. The number of hydrogen-bond acceptors (Lipinski definition) is 4. The molecular weight excluding hydrogens is 232 g/mol. The molecule has 0 amide bonds. The van der Waals surface area contributed by atoms with Gasteiger partial charge >= 0.3 is 5.97 Å². The zero-order valence-corrected chi connectivity index (χ0v) is 11.2. The molecule has 0 aliphatic carbocycles. The van der Waals surface area contributed by atoms with Crippen LogP contribution in [0.15, 0.2) is 6.20 Å². The molecule has 1 rings (SSSR count). The van der Waals surface area contributed by atoms with Crippen LogP contribution in [-0.2, 0) is 22.4 Å². The fourth-order valence-electron chi connectivity index (χ4n) is 1.68. The molecule has 0 bridgehead atoms. The van der Waals surface area contributed by atoms with E-state index in [0.717, 1.165) is 30.8 Å². The lowest BCUT2D eigenvalue weighted by Gasteiger charge is -2.01. The molecule has 0 unspecified atom stereocenters. The Morgan fingerprint density at radius 2 is 2.06 bits per heavy atom. The van der Waals surface area contributed by atoms with Crippen LogP contribution in [-0.4, -0.2) is 28.0 Å². The van der Waals surface area contributed by atoms with Gasteiger partial charge in [0.05, 0.1) is 12.3 Å². The second kappa shape index (κ2) is 6.93. The van der Waals surface area contributed by atoms with E-state index >= 15 is 0 Å². The van der Waals surface area contributed by atoms with Gasteiger partial charge in [-0.1, -0.05) is 13.3 Å². The molecule has 0 aromatic carbocycles. The largest absolute Gasteiger partial charge is 0.465 e. The van der Waals surface area contributed by atoms with Crippen LogP contribution in [0.2, 0.25) is 0 Å². The summed E-state index contributed by atoms with van der Waals surface area (Å²) < 4.78 is 6.45. The van der Waals surface area contributed by atoms with E-state index in [1.54, 1.807) is 10.8 Å². The topological polar surface area (TPSA) is 61.2 Å². The maximum Gasteiger partial charge on any atom is 0.302 e. The van der Waals surface area contributed by atoms with Crippen molar-refractivity contribution in [3.05, 3.63) is 17.7 Å². The molecule has 1 aromatic heterocycles. The Hall–Kier alpha value is -1.65. The predicted molar refractivity (Wildman–Crippen MR) is 67.5 cm³/mol. The summed E-state index contributed by atoms with van der Waals surface area (Å²) in [6, 6.07) is 0. The molecule has 5 nitrogen and oxygen atoms in total. The molecular formula is C13H20N2O3. The monoisotopic (exact) mass is 252 g/mol. The number of rotatable bonds is 6. The number of carbonyl (C=O) groups is 2. The van der Waals surface area contributed by atoms with E-state index in [4.69, 9.17) is 4.74 Å². The Morgan fingerprint density at radius 3 is 2.61 bits per heavy atom. The van der Waals surface area contributed by atoms with Crippen molar-refractivity contribution in [2.24, 2.45) is 0 Å². The number of nitrogens with zero attached hydrogens (tertiary/aromatic N) is 2. The maximum atomic E-state index is 11.5. The van der Waals surface area contributed by atoms with Gasteiger partial charge in [-0.3, -0.25) is 14.2 Å². The Balaban J connectivity index is 2.69. The number of imidazole rings is 1. The molecule has 18 heavy (non-hydrogen) atoms. The summed E-state index contributed by atoms with van der Waals surface area (Å²) in [6.45, 7) is 5.30. The fourth-order valence-corrected chi connectivity index (χ4v) is 1.68. The van der Waals surface area contributed by atoms with Crippen molar-refractivity contribution in [3.8, 4) is 0 Å². The summed E-state index contributed by atoms with van der Waals surface area (Å²) in [7, 11) is 0. The Bertz CT molecular complexity index is 424. The van der Waals surface area contributed by atoms with Gasteiger partial charge < -0.3 is 4.74 Å². The number of unbranched alkanes of at least 4 members (excludes halogenated alkanes) is 1. The van der Waals surface area contributed by atoms with Crippen molar-refractivity contribution in [3.63, 3.8) is 0 Å². The minimum Gasteiger partial charge on any atom is -0.465 e. The summed E-state index contributed by atoms with van der Waals surface area (Å²) in [5.41, 5.74) is 0.789. The van der Waals surface area contributed by atoms with E-state index in [1.165, 1.54) is 13.8 Å². The highest BCUT2D eigenvalue weighted by Crippen LogP contribution is 2.08. The third kappa shape index (κ3) is 4.31. The first-order valence-corrected chi connectivity index (χ1v) is 6.26. The molecule has 0 saturated heterocycles. The van der Waals surface area contributed by atoms with Crippen LogP contribution < -0.4 is 0 Å². The summed E-state index contributed by atoms with van der Waals surface area (Å²) in [6.07, 6.45) is 5.14. The van der Waals surface area contributed by atoms with Crippen molar-refractivity contribution < 1.29 is 14.3 Å². The summed E-state index contributed by atoms with van der Waals surface area (Å²) >= 11 is 0. The first-order chi connectivity index (χ1) is 8.54. The lowest BCUT2D eigenvalue weighted by Crippen LogP contribution is -2.09. The van der Waals surface area contributed by atoms with Crippen molar-refractivity contribution in [1.82, 2.24) is 9.55 Å². The highest BCUT2D eigenvalue weighted by molar-refractivity contribution is 5.76. The Morgan fingerprint density at radius 1 is 1.33 bits per heavy atom. The molecule has 5 heteroatoms. The zero-order chi connectivity index (χ0) is 13.5. The normalized spacial score (nSPS) is 10.4. The number of esters is 1. The van der Waals surface area contributed by atoms with E-state index in [-0.39, 0.29) is 11.9 Å². The summed E-state index contributed by atoms with van der Waals surface area (Å²) in [4.78, 5) is 26.5. The third-order valence-electron chi connectivity index (χ3n) is 2.59. The molecule has 0 saturated carbocycles. The van der Waals surface area contributed by atoms with Gasteiger partial charge in [0.1, 0.15) is 5.82 Å². The lowest BCUT2D eigenvalue weighted by molar-refractivity contribution is -0.140. The van der Waals surface area contributed by atoms with Crippen LogP contribution in [0.1, 0.15) is 49.9 Å². The standard InChI is InChI=1S/C13H20N2O3/c1-4-5-6-13-14-12(7-8-18-11(3)17)9-15(13)10(2)16/h9H,4-8H2,1-3H3. The fraction of sp³-hybridized carbons (Fsp3) is 0.615. The first kappa shape index (κ1) is 14.4. The summed E-state index contributed by atoms with van der Waals surface area (Å²) in [5.74, 6) is 0.460. The van der Waals surface area contributed by atoms with Crippen molar-refractivity contribution >= 4 is 11.9 Å². The second-order valence-electron chi connectivity index (χ2n) is 4.23. The average molecular weight is 252 g/mol. The highest BCUT2D eigenvalue weighted by Gasteiger charge is 2.10. The van der Waals surface area contributed by atoms with E-state index in [9.17, 15) is 9.59 Å². The van der Waals surface area contributed by atoms with Crippen molar-refractivity contribution in [1.29, 1.82) is 0 Å². The predicted octanol–water partition coefficient (Wildman–Crippen LogP) is 1.99. The van der Waals surface area contributed by atoms with Crippen molar-refractivity contribution in [2.75, 3.05) is 6.61 Å². The quantitative estimate of drug-likeness (QED) is 0.726. The molecule has 0 N–H and O–H groups in total. The lowest BCUT2D eigenvalue weighted by atomic mass is 10.2. The van der Waals surface area contributed by atoms with Gasteiger partial charge in [-0.2, -0.15) is 0 Å². The van der Waals surface area contributed by atoms with Gasteiger partial charge in [-0.25, -0.2) is 4.98 Å². The van der Waals surface area contributed by atoms with E-state index in [1.807, 2.05) is 0 Å². The van der Waals surface area contributed by atoms with Crippen LogP contribution in [0.25, 0.3) is 0 Å². The Kier molecular flexibility index (Phi) is 5.55. The number of ether oxygens (including phenoxy) is 1. The van der Waals surface area contributed by atoms with Crippen molar-refractivity contribution in [2.45, 2.75) is 46.5 Å². The molecule has 0 aliphatic rings. The molecule has 0 radical (unpaired) electrons. The van der Waals surface area contributed by atoms with Gasteiger partial charge in [0, 0.05) is 32.9 Å². The molecule has 100 valence electrons. The van der Waals surface area contributed by atoms with Crippen LogP contribution in [0.4, 0.5) is 0 Å². The second-order valence-corrected chi connectivity index (χ2v) is 4.23. The number of aromatic nitrogens is 2. The molecule has 0 spiro atoms. The Labute approximate surface area is 107 Å². The summed E-state index contributed by atoms with van der Waals surface area (Å²) in [5, 5.41) is 0. The minimum absolute atomic E-state index is 0.0349. The van der Waals surface area contributed by atoms with Gasteiger partial charge in [0.15, 0.2) is 0 Å².